The molecule has 3 aromatic carbocycles. The molecule has 1 fully saturated rings. The smallest absolute Gasteiger partial charge is 0.328 e. The second-order valence-corrected chi connectivity index (χ2v) is 10.0. The van der Waals surface area contributed by atoms with Crippen LogP contribution in [0.15, 0.2) is 78.9 Å². The maximum Gasteiger partial charge on any atom is 0.328 e. The topological polar surface area (TPSA) is 70.1 Å². The predicted octanol–water partition coefficient (Wildman–Crippen LogP) is 6.26. The molecule has 0 unspecified atom stereocenters. The number of carboxylic acids is 1. The minimum Gasteiger partial charge on any atom is -0.478 e. The number of aliphatic carboxylic acids is 1. The number of hydrogen-bond acceptors (Lipinski definition) is 4. The Morgan fingerprint density at radius 3 is 2.11 bits per heavy atom. The molecule has 3 aromatic rings. The fourth-order valence-electron chi connectivity index (χ4n) is 4.96. The van der Waals surface area contributed by atoms with Crippen molar-refractivity contribution in [3.63, 3.8) is 0 Å². The third-order valence-electron chi connectivity index (χ3n) is 7.23. The number of carbonyl (C=O) groups is 2. The highest BCUT2D eigenvalue weighted by molar-refractivity contribution is 5.95. The van der Waals surface area contributed by atoms with Gasteiger partial charge in [0.15, 0.2) is 0 Å². The van der Waals surface area contributed by atoms with Gasteiger partial charge in [0.25, 0.3) is 0 Å². The highest BCUT2D eigenvalue weighted by Crippen LogP contribution is 2.31. The van der Waals surface area contributed by atoms with E-state index in [1.54, 1.807) is 13.2 Å². The molecule has 0 atom stereocenters. The van der Waals surface area contributed by atoms with Crippen LogP contribution in [0.1, 0.15) is 36.8 Å². The second-order valence-electron chi connectivity index (χ2n) is 10.0. The third-order valence-corrected chi connectivity index (χ3v) is 7.23. The first-order valence-corrected chi connectivity index (χ1v) is 13.1. The molecule has 6 heteroatoms. The van der Waals surface area contributed by atoms with Gasteiger partial charge in [-0.2, -0.15) is 0 Å². The normalized spacial score (nSPS) is 17.3. The molecule has 1 amide bonds. The van der Waals surface area contributed by atoms with Crippen molar-refractivity contribution in [2.45, 2.75) is 38.3 Å². The summed E-state index contributed by atoms with van der Waals surface area (Å²) in [6, 6.07) is 24.3. The van der Waals surface area contributed by atoms with Crippen LogP contribution in [0, 0.1) is 5.92 Å². The van der Waals surface area contributed by atoms with Crippen LogP contribution in [0.25, 0.3) is 17.2 Å². The Bertz CT molecular complexity index is 1260. The average molecular weight is 513 g/mol. The summed E-state index contributed by atoms with van der Waals surface area (Å²) in [5.41, 5.74) is 5.95. The number of benzene rings is 3. The lowest BCUT2D eigenvalue weighted by molar-refractivity contribution is -0.131. The lowest BCUT2D eigenvalue weighted by Gasteiger charge is -2.32. The number of carboxylic acid groups (broad SMARTS) is 1. The molecule has 0 aromatic heterocycles. The van der Waals surface area contributed by atoms with E-state index in [1.807, 2.05) is 43.3 Å². The van der Waals surface area contributed by atoms with Crippen molar-refractivity contribution >= 4 is 29.3 Å². The number of rotatable bonds is 9. The number of hydrogen-bond donors (Lipinski definition) is 1. The molecule has 0 radical (unpaired) electrons. The largest absolute Gasteiger partial charge is 0.478 e. The van der Waals surface area contributed by atoms with Gasteiger partial charge in [0, 0.05) is 44.6 Å². The SMILES string of the molecule is CO[C@H]1CC[C@H](C(=O)N(Cc2ccc(-c3ccc(N(C)C)cc3)cc2)c2cccc(C=CC(=O)O)c2)CC1. The first kappa shape index (κ1) is 27.1. The van der Waals surface area contributed by atoms with Crippen molar-refractivity contribution in [2.75, 3.05) is 31.0 Å². The van der Waals surface area contributed by atoms with Gasteiger partial charge in [-0.05, 0) is 78.3 Å². The fourth-order valence-corrected chi connectivity index (χ4v) is 4.96. The summed E-state index contributed by atoms with van der Waals surface area (Å²) < 4.78 is 5.50. The number of anilines is 2. The van der Waals surface area contributed by atoms with Gasteiger partial charge in [-0.25, -0.2) is 4.79 Å². The number of methoxy groups -OCH3 is 1. The number of ether oxygens (including phenoxy) is 1. The molecule has 1 N–H and O–H groups in total. The van der Waals surface area contributed by atoms with Gasteiger partial charge in [0.1, 0.15) is 0 Å². The van der Waals surface area contributed by atoms with Crippen molar-refractivity contribution in [1.82, 2.24) is 0 Å². The van der Waals surface area contributed by atoms with Gasteiger partial charge in [-0.15, -0.1) is 0 Å². The van der Waals surface area contributed by atoms with E-state index >= 15 is 0 Å². The van der Waals surface area contributed by atoms with E-state index < -0.39 is 5.97 Å². The van der Waals surface area contributed by atoms with E-state index in [-0.39, 0.29) is 17.9 Å². The van der Waals surface area contributed by atoms with E-state index in [2.05, 4.69) is 53.4 Å². The zero-order valence-electron chi connectivity index (χ0n) is 22.3. The van der Waals surface area contributed by atoms with Crippen LogP contribution in [0.3, 0.4) is 0 Å². The third kappa shape index (κ3) is 6.90. The summed E-state index contributed by atoms with van der Waals surface area (Å²) in [4.78, 5) is 28.8. The maximum atomic E-state index is 13.8. The Labute approximate surface area is 225 Å². The molecule has 0 bridgehead atoms. The summed E-state index contributed by atoms with van der Waals surface area (Å²) in [7, 11) is 5.78. The first-order chi connectivity index (χ1) is 18.3. The zero-order chi connectivity index (χ0) is 27.1. The van der Waals surface area contributed by atoms with E-state index in [0.29, 0.717) is 6.54 Å². The monoisotopic (exact) mass is 512 g/mol. The molecular weight excluding hydrogens is 476 g/mol. The van der Waals surface area contributed by atoms with Crippen molar-refractivity contribution in [3.05, 3.63) is 90.0 Å². The lowest BCUT2D eigenvalue weighted by Crippen LogP contribution is -2.38. The summed E-state index contributed by atoms with van der Waals surface area (Å²) in [5.74, 6) is -0.967. The standard InChI is InChI=1S/C32H36N2O4/c1-33(2)28-16-12-26(13-17-28)25-10-7-24(8-11-25)22-34(32(37)27-14-18-30(38-3)19-15-27)29-6-4-5-23(21-29)9-20-31(35)36/h4-13,16-17,20-21,27,30H,14-15,18-19,22H2,1-3H3,(H,35,36)/t27-,30-. The molecule has 1 saturated carbocycles. The van der Waals surface area contributed by atoms with E-state index in [4.69, 9.17) is 9.84 Å². The van der Waals surface area contributed by atoms with E-state index in [0.717, 1.165) is 65.4 Å². The molecule has 0 heterocycles. The van der Waals surface area contributed by atoms with Crippen LogP contribution >= 0.6 is 0 Å². The molecule has 0 aliphatic heterocycles. The molecule has 198 valence electrons. The summed E-state index contributed by atoms with van der Waals surface area (Å²) in [6.07, 6.45) is 6.24. The van der Waals surface area contributed by atoms with Crippen molar-refractivity contribution in [2.24, 2.45) is 5.92 Å². The maximum absolute atomic E-state index is 13.8. The van der Waals surface area contributed by atoms with E-state index in [1.165, 1.54) is 0 Å². The van der Waals surface area contributed by atoms with Crippen LogP contribution < -0.4 is 9.80 Å². The van der Waals surface area contributed by atoms with Crippen LogP contribution in [-0.2, 0) is 20.9 Å². The van der Waals surface area contributed by atoms with Crippen molar-refractivity contribution in [3.8, 4) is 11.1 Å². The van der Waals surface area contributed by atoms with Gasteiger partial charge in [-0.3, -0.25) is 4.79 Å². The number of nitrogens with zero attached hydrogens (tertiary/aromatic N) is 2. The van der Waals surface area contributed by atoms with E-state index in [9.17, 15) is 9.59 Å². The fraction of sp³-hybridized carbons (Fsp3) is 0.312. The molecule has 6 nitrogen and oxygen atoms in total. The second kappa shape index (κ2) is 12.6. The van der Waals surface area contributed by atoms with Crippen LogP contribution in [-0.4, -0.2) is 44.3 Å². The van der Waals surface area contributed by atoms with Gasteiger partial charge in [0.05, 0.1) is 12.6 Å². The van der Waals surface area contributed by atoms with Gasteiger partial charge < -0.3 is 19.6 Å². The summed E-state index contributed by atoms with van der Waals surface area (Å²) >= 11 is 0. The van der Waals surface area contributed by atoms with Crippen LogP contribution in [0.4, 0.5) is 11.4 Å². The Hall–Kier alpha value is -3.90. The molecule has 0 saturated heterocycles. The van der Waals surface area contributed by atoms with Crippen LogP contribution in [0.2, 0.25) is 0 Å². The lowest BCUT2D eigenvalue weighted by atomic mass is 9.86. The molecule has 4 rings (SSSR count). The number of amides is 1. The zero-order valence-corrected chi connectivity index (χ0v) is 22.3. The average Bonchev–Trinajstić information content (AvgIpc) is 2.95. The van der Waals surface area contributed by atoms with Crippen molar-refractivity contribution in [1.29, 1.82) is 0 Å². The van der Waals surface area contributed by atoms with Gasteiger partial charge in [-0.1, -0.05) is 48.5 Å². The molecular formula is C32H36N2O4. The van der Waals surface area contributed by atoms with Crippen LogP contribution in [0.5, 0.6) is 0 Å². The highest BCUT2D eigenvalue weighted by Gasteiger charge is 2.30. The Morgan fingerprint density at radius 2 is 1.53 bits per heavy atom. The molecule has 38 heavy (non-hydrogen) atoms. The van der Waals surface area contributed by atoms with Gasteiger partial charge >= 0.3 is 5.97 Å². The molecule has 1 aliphatic rings. The Morgan fingerprint density at radius 1 is 0.895 bits per heavy atom. The Kier molecular flexibility index (Phi) is 8.98. The number of carbonyl (C=O) groups excluding carboxylic acids is 1. The first-order valence-electron chi connectivity index (χ1n) is 13.1. The molecule has 1 aliphatic carbocycles. The van der Waals surface area contributed by atoms with Crippen molar-refractivity contribution < 1.29 is 19.4 Å². The highest BCUT2D eigenvalue weighted by atomic mass is 16.5. The van der Waals surface area contributed by atoms with Gasteiger partial charge in [0.2, 0.25) is 5.91 Å². The Balaban J connectivity index is 1.58. The summed E-state index contributed by atoms with van der Waals surface area (Å²) in [5, 5.41) is 9.03. The predicted molar refractivity (Wildman–Crippen MR) is 153 cm³/mol. The quantitative estimate of drug-likeness (QED) is 0.343. The summed E-state index contributed by atoms with van der Waals surface area (Å²) in [6.45, 7) is 0.439. The molecule has 0 spiro atoms. The minimum absolute atomic E-state index is 0.0610. The minimum atomic E-state index is -1.00.